The molecule has 2 heteroatoms. The highest BCUT2D eigenvalue weighted by Crippen LogP contribution is 2.53. The molecule has 0 bridgehead atoms. The van der Waals surface area contributed by atoms with E-state index in [0.717, 1.165) is 11.8 Å². The van der Waals surface area contributed by atoms with Gasteiger partial charge in [-0.05, 0) is 30.6 Å². The molecule has 1 aliphatic heterocycles. The van der Waals surface area contributed by atoms with E-state index in [1.54, 1.807) is 0 Å². The Kier molecular flexibility index (Phi) is 2.37. The molecule has 1 atom stereocenters. The third-order valence-corrected chi connectivity index (χ3v) is 3.70. The third-order valence-electron chi connectivity index (χ3n) is 3.70. The quantitative estimate of drug-likeness (QED) is 0.714. The Hall–Kier alpha value is -0.0800. The van der Waals surface area contributed by atoms with E-state index in [2.05, 4.69) is 18.7 Å². The summed E-state index contributed by atoms with van der Waals surface area (Å²) in [5.41, 5.74) is 0.753. The number of aliphatic hydroxyl groups excluding tert-OH is 1. The van der Waals surface area contributed by atoms with Gasteiger partial charge in [0.15, 0.2) is 0 Å². The van der Waals surface area contributed by atoms with E-state index >= 15 is 0 Å². The summed E-state index contributed by atoms with van der Waals surface area (Å²) in [5.74, 6) is 0.684. The summed E-state index contributed by atoms with van der Waals surface area (Å²) in [6.45, 7) is 7.47. The van der Waals surface area contributed by atoms with Gasteiger partial charge in [-0.15, -0.1) is 0 Å². The first-order chi connectivity index (χ1) is 6.17. The summed E-state index contributed by atoms with van der Waals surface area (Å²) in [6, 6.07) is 0.622. The van der Waals surface area contributed by atoms with E-state index in [9.17, 15) is 0 Å². The van der Waals surface area contributed by atoms with Crippen LogP contribution < -0.4 is 0 Å². The molecule has 76 valence electrons. The van der Waals surface area contributed by atoms with Crippen molar-refractivity contribution in [3.63, 3.8) is 0 Å². The Bertz CT molecular complexity index is 179. The zero-order valence-electron chi connectivity index (χ0n) is 8.79. The highest BCUT2D eigenvalue weighted by molar-refractivity contribution is 5.06. The van der Waals surface area contributed by atoms with Crippen LogP contribution in [0.5, 0.6) is 0 Å². The second-order valence-corrected chi connectivity index (χ2v) is 5.23. The standard InChI is InChI=1S/C11H21NO/c1-9(2)10(3-6-13)12-7-11(8-12)4-5-11/h9-10,13H,3-8H2,1-2H3. The zero-order chi connectivity index (χ0) is 9.47. The first-order valence-electron chi connectivity index (χ1n) is 5.52. The molecule has 1 aliphatic carbocycles. The lowest BCUT2D eigenvalue weighted by atomic mass is 9.89. The van der Waals surface area contributed by atoms with Gasteiger partial charge in [-0.2, -0.15) is 0 Å². The van der Waals surface area contributed by atoms with Gasteiger partial charge in [0.2, 0.25) is 0 Å². The van der Waals surface area contributed by atoms with E-state index in [4.69, 9.17) is 5.11 Å². The van der Waals surface area contributed by atoms with E-state index in [-0.39, 0.29) is 0 Å². The van der Waals surface area contributed by atoms with Gasteiger partial charge >= 0.3 is 0 Å². The maximum absolute atomic E-state index is 8.97. The van der Waals surface area contributed by atoms with E-state index in [1.165, 1.54) is 25.9 Å². The highest BCUT2D eigenvalue weighted by Gasteiger charge is 2.53. The van der Waals surface area contributed by atoms with Crippen molar-refractivity contribution >= 4 is 0 Å². The first kappa shape index (κ1) is 9.47. The Balaban J connectivity index is 1.82. The van der Waals surface area contributed by atoms with E-state index in [1.807, 2.05) is 0 Å². The second kappa shape index (κ2) is 3.25. The topological polar surface area (TPSA) is 23.5 Å². The van der Waals surface area contributed by atoms with Crippen molar-refractivity contribution in [3.05, 3.63) is 0 Å². The van der Waals surface area contributed by atoms with Crippen LogP contribution in [0.15, 0.2) is 0 Å². The lowest BCUT2D eigenvalue weighted by molar-refractivity contribution is 0.00613. The number of likely N-dealkylation sites (tertiary alicyclic amines) is 1. The van der Waals surface area contributed by atoms with Crippen molar-refractivity contribution in [2.45, 2.75) is 39.2 Å². The van der Waals surface area contributed by atoms with Gasteiger partial charge < -0.3 is 5.11 Å². The molecule has 2 aliphatic rings. The average molecular weight is 183 g/mol. The lowest BCUT2D eigenvalue weighted by Crippen LogP contribution is -2.55. The number of rotatable bonds is 4. The van der Waals surface area contributed by atoms with Crippen molar-refractivity contribution in [2.24, 2.45) is 11.3 Å². The molecule has 1 saturated carbocycles. The summed E-state index contributed by atoms with van der Waals surface area (Å²) in [6.07, 6.45) is 3.86. The molecule has 2 rings (SSSR count). The highest BCUT2D eigenvalue weighted by atomic mass is 16.3. The molecule has 0 aromatic rings. The van der Waals surface area contributed by atoms with E-state index in [0.29, 0.717) is 18.6 Å². The van der Waals surface area contributed by atoms with Crippen molar-refractivity contribution in [2.75, 3.05) is 19.7 Å². The fourth-order valence-corrected chi connectivity index (χ4v) is 2.61. The number of aliphatic hydroxyl groups is 1. The molecular weight excluding hydrogens is 162 g/mol. The van der Waals surface area contributed by atoms with Crippen LogP contribution in [0.1, 0.15) is 33.1 Å². The number of hydrogen-bond acceptors (Lipinski definition) is 2. The van der Waals surface area contributed by atoms with Gasteiger partial charge in [-0.25, -0.2) is 0 Å². The molecular formula is C11H21NO. The van der Waals surface area contributed by atoms with Crippen molar-refractivity contribution < 1.29 is 5.11 Å². The summed E-state index contributed by atoms with van der Waals surface area (Å²) in [7, 11) is 0. The largest absolute Gasteiger partial charge is 0.396 e. The van der Waals surface area contributed by atoms with Crippen LogP contribution in [-0.2, 0) is 0 Å². The molecule has 13 heavy (non-hydrogen) atoms. The maximum Gasteiger partial charge on any atom is 0.0446 e. The molecule has 0 amide bonds. The predicted molar refractivity (Wildman–Crippen MR) is 53.6 cm³/mol. The second-order valence-electron chi connectivity index (χ2n) is 5.23. The molecule has 1 unspecified atom stereocenters. The van der Waals surface area contributed by atoms with Gasteiger partial charge in [-0.3, -0.25) is 4.90 Å². The summed E-state index contributed by atoms with van der Waals surface area (Å²) >= 11 is 0. The minimum absolute atomic E-state index is 0.340. The van der Waals surface area contributed by atoms with E-state index < -0.39 is 0 Å². The third kappa shape index (κ3) is 1.75. The summed E-state index contributed by atoms with van der Waals surface area (Å²) in [4.78, 5) is 2.56. The SMILES string of the molecule is CC(C)C(CCO)N1CC2(CC2)C1. The molecule has 2 nitrogen and oxygen atoms in total. The molecule has 2 fully saturated rings. The fourth-order valence-electron chi connectivity index (χ4n) is 2.61. The molecule has 0 aromatic heterocycles. The summed E-state index contributed by atoms with van der Waals surface area (Å²) < 4.78 is 0. The number of nitrogens with zero attached hydrogens (tertiary/aromatic N) is 1. The molecule has 1 heterocycles. The first-order valence-corrected chi connectivity index (χ1v) is 5.52. The smallest absolute Gasteiger partial charge is 0.0446 e. The Labute approximate surface area is 80.9 Å². The number of hydrogen-bond donors (Lipinski definition) is 1. The van der Waals surface area contributed by atoms with Gasteiger partial charge in [0, 0.05) is 25.7 Å². The molecule has 0 aromatic carbocycles. The van der Waals surface area contributed by atoms with Crippen LogP contribution in [0.2, 0.25) is 0 Å². The van der Waals surface area contributed by atoms with Crippen molar-refractivity contribution in [3.8, 4) is 0 Å². The van der Waals surface area contributed by atoms with Gasteiger partial charge in [-0.1, -0.05) is 13.8 Å². The van der Waals surface area contributed by atoms with Crippen LogP contribution in [0.25, 0.3) is 0 Å². The minimum Gasteiger partial charge on any atom is -0.396 e. The van der Waals surface area contributed by atoms with Crippen LogP contribution in [0.3, 0.4) is 0 Å². The normalized spacial score (nSPS) is 27.7. The van der Waals surface area contributed by atoms with Gasteiger partial charge in [0.1, 0.15) is 0 Å². The monoisotopic (exact) mass is 183 g/mol. The molecule has 1 spiro atoms. The maximum atomic E-state index is 8.97. The van der Waals surface area contributed by atoms with Crippen molar-refractivity contribution in [1.82, 2.24) is 4.90 Å². The average Bonchev–Trinajstić information content (AvgIpc) is 2.76. The molecule has 1 saturated heterocycles. The Morgan fingerprint density at radius 2 is 1.92 bits per heavy atom. The van der Waals surface area contributed by atoms with Crippen LogP contribution in [0, 0.1) is 11.3 Å². The van der Waals surface area contributed by atoms with Crippen molar-refractivity contribution in [1.29, 1.82) is 0 Å². The van der Waals surface area contributed by atoms with Crippen LogP contribution >= 0.6 is 0 Å². The van der Waals surface area contributed by atoms with Crippen LogP contribution in [-0.4, -0.2) is 35.7 Å². The Morgan fingerprint density at radius 3 is 2.31 bits per heavy atom. The summed E-state index contributed by atoms with van der Waals surface area (Å²) in [5, 5.41) is 8.97. The van der Waals surface area contributed by atoms with Crippen LogP contribution in [0.4, 0.5) is 0 Å². The molecule has 0 radical (unpaired) electrons. The molecule has 1 N–H and O–H groups in total. The van der Waals surface area contributed by atoms with Gasteiger partial charge in [0.05, 0.1) is 0 Å². The minimum atomic E-state index is 0.340. The zero-order valence-corrected chi connectivity index (χ0v) is 8.79. The predicted octanol–water partition coefficient (Wildman–Crippen LogP) is 1.49. The fraction of sp³-hybridized carbons (Fsp3) is 1.00. The lowest BCUT2D eigenvalue weighted by Gasteiger charge is -2.46. The Morgan fingerprint density at radius 1 is 1.31 bits per heavy atom. The van der Waals surface area contributed by atoms with Gasteiger partial charge in [0.25, 0.3) is 0 Å².